The summed E-state index contributed by atoms with van der Waals surface area (Å²) in [6.07, 6.45) is 0. The molecule has 1 saturated heterocycles. The second-order valence-electron chi connectivity index (χ2n) is 7.75. The molecule has 0 aliphatic carbocycles. The summed E-state index contributed by atoms with van der Waals surface area (Å²) < 4.78 is 5.64. The number of carbonyl (C=O) groups excluding carboxylic acids is 1. The van der Waals surface area contributed by atoms with Crippen LogP contribution in [-0.2, 0) is 13.1 Å². The standard InChI is InChI=1S/C24H34N4O2/c1-3-27-13-15-28(16-14-27)19-22-7-5-4-6-21(22)18-26-24(29)25-12-17-30-23-10-8-20(2)9-11-23/h4-11H,3,12-19H2,1-2H3,(H2,25,26,29). The van der Waals surface area contributed by atoms with Crippen LogP contribution in [-0.4, -0.2) is 61.7 Å². The van der Waals surface area contributed by atoms with Crippen molar-refractivity contribution in [2.75, 3.05) is 45.9 Å². The molecule has 6 nitrogen and oxygen atoms in total. The molecule has 1 heterocycles. The number of benzene rings is 2. The highest BCUT2D eigenvalue weighted by Gasteiger charge is 2.16. The topological polar surface area (TPSA) is 56.8 Å². The van der Waals surface area contributed by atoms with E-state index in [1.165, 1.54) is 16.7 Å². The average Bonchev–Trinajstić information content (AvgIpc) is 2.78. The molecule has 1 fully saturated rings. The number of ether oxygens (including phenoxy) is 1. The molecule has 1 aliphatic heterocycles. The molecular weight excluding hydrogens is 376 g/mol. The van der Waals surface area contributed by atoms with E-state index >= 15 is 0 Å². The number of carbonyl (C=O) groups is 1. The maximum atomic E-state index is 12.1. The van der Waals surface area contributed by atoms with Crippen molar-refractivity contribution in [3.05, 3.63) is 65.2 Å². The second kappa shape index (κ2) is 11.6. The summed E-state index contributed by atoms with van der Waals surface area (Å²) in [5, 5.41) is 5.82. The van der Waals surface area contributed by atoms with Crippen LogP contribution in [0.3, 0.4) is 0 Å². The SMILES string of the molecule is CCN1CCN(Cc2ccccc2CNC(=O)NCCOc2ccc(C)cc2)CC1. The smallest absolute Gasteiger partial charge is 0.315 e. The minimum Gasteiger partial charge on any atom is -0.492 e. The molecule has 0 bridgehead atoms. The Morgan fingerprint density at radius 1 is 0.933 bits per heavy atom. The van der Waals surface area contributed by atoms with Gasteiger partial charge in [0, 0.05) is 39.3 Å². The van der Waals surface area contributed by atoms with E-state index < -0.39 is 0 Å². The summed E-state index contributed by atoms with van der Waals surface area (Å²) in [6, 6.07) is 16.1. The molecular formula is C24H34N4O2. The summed E-state index contributed by atoms with van der Waals surface area (Å²) in [4.78, 5) is 17.1. The van der Waals surface area contributed by atoms with Crippen LogP contribution in [0.1, 0.15) is 23.6 Å². The van der Waals surface area contributed by atoms with Gasteiger partial charge in [0.2, 0.25) is 0 Å². The minimum atomic E-state index is -0.172. The van der Waals surface area contributed by atoms with Gasteiger partial charge in [-0.3, -0.25) is 4.90 Å². The number of amides is 2. The van der Waals surface area contributed by atoms with E-state index in [0.717, 1.165) is 45.0 Å². The zero-order valence-corrected chi connectivity index (χ0v) is 18.2. The molecule has 2 aromatic rings. The van der Waals surface area contributed by atoms with Crippen molar-refractivity contribution < 1.29 is 9.53 Å². The predicted octanol–water partition coefficient (Wildman–Crippen LogP) is 3.01. The number of aryl methyl sites for hydroxylation is 1. The molecule has 0 saturated carbocycles. The van der Waals surface area contributed by atoms with Gasteiger partial charge < -0.3 is 20.3 Å². The van der Waals surface area contributed by atoms with Crippen molar-refractivity contribution in [3.8, 4) is 5.75 Å². The van der Waals surface area contributed by atoms with Crippen LogP contribution in [0.4, 0.5) is 4.79 Å². The van der Waals surface area contributed by atoms with Crippen LogP contribution in [0.15, 0.2) is 48.5 Å². The summed E-state index contributed by atoms with van der Waals surface area (Å²) in [5.74, 6) is 0.816. The minimum absolute atomic E-state index is 0.172. The average molecular weight is 411 g/mol. The number of rotatable bonds is 9. The Morgan fingerprint density at radius 2 is 1.60 bits per heavy atom. The maximum absolute atomic E-state index is 12.1. The number of hydrogen-bond donors (Lipinski definition) is 2. The first-order chi connectivity index (χ1) is 14.6. The summed E-state index contributed by atoms with van der Waals surface area (Å²) in [7, 11) is 0. The van der Waals surface area contributed by atoms with E-state index in [0.29, 0.717) is 19.7 Å². The molecule has 30 heavy (non-hydrogen) atoms. The summed E-state index contributed by atoms with van der Waals surface area (Å²) in [6.45, 7) is 12.2. The van der Waals surface area contributed by atoms with Gasteiger partial charge in [0.15, 0.2) is 0 Å². The van der Waals surface area contributed by atoms with Crippen molar-refractivity contribution in [2.45, 2.75) is 26.9 Å². The molecule has 2 N–H and O–H groups in total. The molecule has 0 spiro atoms. The van der Waals surface area contributed by atoms with Gasteiger partial charge in [-0.05, 0) is 36.7 Å². The Hall–Kier alpha value is -2.57. The van der Waals surface area contributed by atoms with Crippen LogP contribution in [0, 0.1) is 6.92 Å². The Morgan fingerprint density at radius 3 is 2.30 bits per heavy atom. The zero-order chi connectivity index (χ0) is 21.2. The molecule has 0 aromatic heterocycles. The first-order valence-electron chi connectivity index (χ1n) is 10.9. The molecule has 2 aromatic carbocycles. The van der Waals surface area contributed by atoms with Gasteiger partial charge in [-0.2, -0.15) is 0 Å². The van der Waals surface area contributed by atoms with Gasteiger partial charge in [0.25, 0.3) is 0 Å². The Kier molecular flexibility index (Phi) is 8.53. The van der Waals surface area contributed by atoms with Crippen molar-refractivity contribution in [1.82, 2.24) is 20.4 Å². The van der Waals surface area contributed by atoms with Crippen LogP contribution in [0.5, 0.6) is 5.75 Å². The number of nitrogens with one attached hydrogen (secondary N) is 2. The lowest BCUT2D eigenvalue weighted by Gasteiger charge is -2.34. The third-order valence-electron chi connectivity index (χ3n) is 5.54. The second-order valence-corrected chi connectivity index (χ2v) is 7.75. The van der Waals surface area contributed by atoms with Gasteiger partial charge >= 0.3 is 6.03 Å². The Bertz CT molecular complexity index is 786. The number of nitrogens with zero attached hydrogens (tertiary/aromatic N) is 2. The van der Waals surface area contributed by atoms with E-state index in [-0.39, 0.29) is 6.03 Å². The van der Waals surface area contributed by atoms with Crippen molar-refractivity contribution in [1.29, 1.82) is 0 Å². The van der Waals surface area contributed by atoms with Crippen molar-refractivity contribution in [3.63, 3.8) is 0 Å². The first kappa shape index (κ1) is 22.1. The summed E-state index contributed by atoms with van der Waals surface area (Å²) >= 11 is 0. The maximum Gasteiger partial charge on any atom is 0.315 e. The van der Waals surface area contributed by atoms with Crippen LogP contribution >= 0.6 is 0 Å². The Balaban J connectivity index is 1.38. The normalized spacial score (nSPS) is 15.0. The highest BCUT2D eigenvalue weighted by atomic mass is 16.5. The first-order valence-corrected chi connectivity index (χ1v) is 10.9. The lowest BCUT2D eigenvalue weighted by atomic mass is 10.1. The van der Waals surface area contributed by atoms with E-state index in [1.54, 1.807) is 0 Å². The molecule has 0 unspecified atom stereocenters. The van der Waals surface area contributed by atoms with Crippen LogP contribution < -0.4 is 15.4 Å². The molecule has 1 aliphatic rings. The van der Waals surface area contributed by atoms with E-state index in [4.69, 9.17) is 4.74 Å². The molecule has 2 amide bonds. The zero-order valence-electron chi connectivity index (χ0n) is 18.2. The molecule has 6 heteroatoms. The fourth-order valence-corrected chi connectivity index (χ4v) is 3.59. The number of urea groups is 1. The quantitative estimate of drug-likeness (QED) is 0.624. The molecule has 162 valence electrons. The van der Waals surface area contributed by atoms with Gasteiger partial charge in [-0.25, -0.2) is 4.79 Å². The van der Waals surface area contributed by atoms with Crippen LogP contribution in [0.2, 0.25) is 0 Å². The van der Waals surface area contributed by atoms with Gasteiger partial charge in [0.1, 0.15) is 12.4 Å². The number of piperazine rings is 1. The lowest BCUT2D eigenvalue weighted by Crippen LogP contribution is -2.45. The van der Waals surface area contributed by atoms with Gasteiger partial charge in [0.05, 0.1) is 6.54 Å². The fraction of sp³-hybridized carbons (Fsp3) is 0.458. The highest BCUT2D eigenvalue weighted by molar-refractivity contribution is 5.73. The third-order valence-corrected chi connectivity index (χ3v) is 5.54. The molecule has 3 rings (SSSR count). The summed E-state index contributed by atoms with van der Waals surface area (Å²) in [5.41, 5.74) is 3.65. The monoisotopic (exact) mass is 410 g/mol. The van der Waals surface area contributed by atoms with E-state index in [2.05, 4.69) is 45.6 Å². The van der Waals surface area contributed by atoms with Crippen LogP contribution in [0.25, 0.3) is 0 Å². The van der Waals surface area contributed by atoms with Crippen molar-refractivity contribution >= 4 is 6.03 Å². The van der Waals surface area contributed by atoms with E-state index in [9.17, 15) is 4.79 Å². The van der Waals surface area contributed by atoms with Gasteiger partial charge in [-0.1, -0.05) is 48.9 Å². The largest absolute Gasteiger partial charge is 0.492 e. The predicted molar refractivity (Wildman–Crippen MR) is 121 cm³/mol. The van der Waals surface area contributed by atoms with Gasteiger partial charge in [-0.15, -0.1) is 0 Å². The highest BCUT2D eigenvalue weighted by Crippen LogP contribution is 2.14. The lowest BCUT2D eigenvalue weighted by molar-refractivity contribution is 0.131. The van der Waals surface area contributed by atoms with Crippen molar-refractivity contribution in [2.24, 2.45) is 0 Å². The number of likely N-dealkylation sites (N-methyl/N-ethyl adjacent to an activating group) is 1. The fourth-order valence-electron chi connectivity index (χ4n) is 3.59. The molecule has 0 radical (unpaired) electrons. The number of hydrogen-bond acceptors (Lipinski definition) is 4. The third kappa shape index (κ3) is 7.04. The van der Waals surface area contributed by atoms with E-state index in [1.807, 2.05) is 37.3 Å². The molecule has 0 atom stereocenters. The Labute approximate surface area is 180 Å².